The third kappa shape index (κ3) is 4.26. The molecule has 1 atom stereocenters. The number of anilines is 3. The number of ether oxygens (including phenoxy) is 2. The molecule has 7 nitrogen and oxygen atoms in total. The lowest BCUT2D eigenvalue weighted by atomic mass is 10.1. The number of rotatable bonds is 6. The van der Waals surface area contributed by atoms with Crippen LogP contribution in [-0.4, -0.2) is 51.3 Å². The van der Waals surface area contributed by atoms with E-state index in [2.05, 4.69) is 10.2 Å². The molecule has 0 radical (unpaired) electrons. The second kappa shape index (κ2) is 9.17. The van der Waals surface area contributed by atoms with Crippen LogP contribution in [0.25, 0.3) is 0 Å². The van der Waals surface area contributed by atoms with Gasteiger partial charge in [-0.3, -0.25) is 9.59 Å². The van der Waals surface area contributed by atoms with Crippen molar-refractivity contribution in [3.05, 3.63) is 48.5 Å². The zero-order valence-corrected chi connectivity index (χ0v) is 17.2. The van der Waals surface area contributed by atoms with E-state index in [1.165, 1.54) is 0 Å². The minimum absolute atomic E-state index is 0.0660. The van der Waals surface area contributed by atoms with Crippen molar-refractivity contribution in [1.29, 1.82) is 0 Å². The largest absolute Gasteiger partial charge is 0.492 e. The molecular formula is C23H27N3O4. The number of nitrogens with zero attached hydrogens (tertiary/aromatic N) is 2. The highest BCUT2D eigenvalue weighted by molar-refractivity contribution is 6.05. The van der Waals surface area contributed by atoms with Gasteiger partial charge in [0.05, 0.1) is 42.8 Å². The Kier molecular flexibility index (Phi) is 6.18. The number of nitrogens with one attached hydrogen (secondary N) is 1. The molecule has 7 heteroatoms. The molecule has 2 aliphatic heterocycles. The summed E-state index contributed by atoms with van der Waals surface area (Å²) in [7, 11) is 0. The molecule has 0 saturated carbocycles. The first-order valence-electron chi connectivity index (χ1n) is 10.4. The predicted molar refractivity (Wildman–Crippen MR) is 116 cm³/mol. The van der Waals surface area contributed by atoms with Gasteiger partial charge in [0, 0.05) is 26.1 Å². The van der Waals surface area contributed by atoms with Gasteiger partial charge in [-0.25, -0.2) is 0 Å². The maximum absolute atomic E-state index is 13.0. The van der Waals surface area contributed by atoms with Crippen LogP contribution in [0.15, 0.2) is 48.5 Å². The maximum atomic E-state index is 13.0. The number of morpholine rings is 1. The summed E-state index contributed by atoms with van der Waals surface area (Å²) in [5, 5.41) is 3.05. The Hall–Kier alpha value is -3.06. The zero-order chi connectivity index (χ0) is 20.9. The zero-order valence-electron chi connectivity index (χ0n) is 17.2. The number of hydrogen-bond acceptors (Lipinski definition) is 5. The van der Waals surface area contributed by atoms with Gasteiger partial charge in [-0.1, -0.05) is 24.3 Å². The van der Waals surface area contributed by atoms with Gasteiger partial charge in [-0.2, -0.15) is 0 Å². The van der Waals surface area contributed by atoms with E-state index in [1.54, 1.807) is 4.90 Å². The van der Waals surface area contributed by atoms with Crippen LogP contribution in [0.2, 0.25) is 0 Å². The van der Waals surface area contributed by atoms with Crippen LogP contribution in [0.1, 0.15) is 13.3 Å². The monoisotopic (exact) mass is 409 g/mol. The van der Waals surface area contributed by atoms with Gasteiger partial charge in [0.15, 0.2) is 0 Å². The second-order valence-corrected chi connectivity index (χ2v) is 7.41. The van der Waals surface area contributed by atoms with E-state index in [1.807, 2.05) is 55.5 Å². The molecule has 0 aromatic heterocycles. The van der Waals surface area contributed by atoms with E-state index < -0.39 is 5.92 Å². The van der Waals surface area contributed by atoms with E-state index in [-0.39, 0.29) is 18.2 Å². The quantitative estimate of drug-likeness (QED) is 0.794. The number of carbonyl (C=O) groups is 2. The van der Waals surface area contributed by atoms with Gasteiger partial charge < -0.3 is 24.6 Å². The van der Waals surface area contributed by atoms with Crippen molar-refractivity contribution >= 4 is 28.9 Å². The Bertz CT molecular complexity index is 911. The van der Waals surface area contributed by atoms with Crippen molar-refractivity contribution in [2.45, 2.75) is 13.3 Å². The van der Waals surface area contributed by atoms with Crippen molar-refractivity contribution in [3.63, 3.8) is 0 Å². The minimum Gasteiger partial charge on any atom is -0.492 e. The van der Waals surface area contributed by atoms with Gasteiger partial charge in [0.25, 0.3) is 0 Å². The van der Waals surface area contributed by atoms with Crippen LogP contribution in [0.4, 0.5) is 17.1 Å². The average Bonchev–Trinajstić information content (AvgIpc) is 3.17. The van der Waals surface area contributed by atoms with Crippen molar-refractivity contribution in [1.82, 2.24) is 0 Å². The Morgan fingerprint density at radius 1 is 1.10 bits per heavy atom. The van der Waals surface area contributed by atoms with E-state index in [0.29, 0.717) is 37.8 Å². The highest BCUT2D eigenvalue weighted by atomic mass is 16.5. The van der Waals surface area contributed by atoms with E-state index >= 15 is 0 Å². The molecule has 2 aromatic rings. The summed E-state index contributed by atoms with van der Waals surface area (Å²) in [6, 6.07) is 15.2. The lowest BCUT2D eigenvalue weighted by Gasteiger charge is -2.30. The first-order chi connectivity index (χ1) is 14.7. The fraction of sp³-hybridized carbons (Fsp3) is 0.391. The topological polar surface area (TPSA) is 71.1 Å². The molecule has 4 rings (SSSR count). The fourth-order valence-corrected chi connectivity index (χ4v) is 3.97. The summed E-state index contributed by atoms with van der Waals surface area (Å²) in [6.45, 7) is 5.69. The summed E-state index contributed by atoms with van der Waals surface area (Å²) in [5.41, 5.74) is 2.47. The lowest BCUT2D eigenvalue weighted by molar-refractivity contribution is -0.122. The van der Waals surface area contributed by atoms with E-state index in [4.69, 9.17) is 9.47 Å². The SMILES string of the molecule is CCOc1ccccc1N1C[C@@H](C(=O)Nc2ccccc2N2CCOCC2)CC1=O. The van der Waals surface area contributed by atoms with Crippen molar-refractivity contribution in [2.75, 3.05) is 54.6 Å². The Labute approximate surface area is 176 Å². The van der Waals surface area contributed by atoms with Gasteiger partial charge in [0.2, 0.25) is 11.8 Å². The highest BCUT2D eigenvalue weighted by Crippen LogP contribution is 2.34. The highest BCUT2D eigenvalue weighted by Gasteiger charge is 2.36. The van der Waals surface area contributed by atoms with Crippen LogP contribution in [0.3, 0.4) is 0 Å². The first-order valence-corrected chi connectivity index (χ1v) is 10.4. The van der Waals surface area contributed by atoms with Crippen LogP contribution in [0, 0.1) is 5.92 Å². The smallest absolute Gasteiger partial charge is 0.229 e. The minimum atomic E-state index is -0.412. The molecule has 2 amide bonds. The number of para-hydroxylation sites is 4. The van der Waals surface area contributed by atoms with Crippen molar-refractivity contribution in [3.8, 4) is 5.75 Å². The van der Waals surface area contributed by atoms with Crippen LogP contribution >= 0.6 is 0 Å². The molecule has 2 aromatic carbocycles. The third-order valence-corrected chi connectivity index (χ3v) is 5.47. The lowest BCUT2D eigenvalue weighted by Crippen LogP contribution is -2.37. The average molecular weight is 409 g/mol. The Morgan fingerprint density at radius 2 is 1.80 bits per heavy atom. The Morgan fingerprint density at radius 3 is 2.57 bits per heavy atom. The van der Waals surface area contributed by atoms with Gasteiger partial charge >= 0.3 is 0 Å². The van der Waals surface area contributed by atoms with Gasteiger partial charge in [0.1, 0.15) is 5.75 Å². The van der Waals surface area contributed by atoms with Crippen LogP contribution < -0.4 is 19.9 Å². The molecule has 0 unspecified atom stereocenters. The molecule has 0 spiro atoms. The summed E-state index contributed by atoms with van der Waals surface area (Å²) in [4.78, 5) is 29.6. The summed E-state index contributed by atoms with van der Waals surface area (Å²) in [5.74, 6) is 0.0428. The number of amides is 2. The fourth-order valence-electron chi connectivity index (χ4n) is 3.97. The van der Waals surface area contributed by atoms with Crippen LogP contribution in [-0.2, 0) is 14.3 Å². The first kappa shape index (κ1) is 20.2. The molecular weight excluding hydrogens is 382 g/mol. The predicted octanol–water partition coefficient (Wildman–Crippen LogP) is 2.91. The van der Waals surface area contributed by atoms with Gasteiger partial charge in [-0.05, 0) is 31.2 Å². The molecule has 1 N–H and O–H groups in total. The standard InChI is InChI=1S/C23H27N3O4/c1-2-30-21-10-6-5-9-20(21)26-16-17(15-22(26)27)23(28)24-18-7-3-4-8-19(18)25-11-13-29-14-12-25/h3-10,17H,2,11-16H2,1H3,(H,24,28)/t17-/m0/s1. The summed E-state index contributed by atoms with van der Waals surface area (Å²) < 4.78 is 11.1. The van der Waals surface area contributed by atoms with Crippen molar-refractivity contribution < 1.29 is 19.1 Å². The Balaban J connectivity index is 1.48. The van der Waals surface area contributed by atoms with E-state index in [9.17, 15) is 9.59 Å². The third-order valence-electron chi connectivity index (χ3n) is 5.47. The number of carbonyl (C=O) groups excluding carboxylic acids is 2. The van der Waals surface area contributed by atoms with Crippen LogP contribution in [0.5, 0.6) is 5.75 Å². The molecule has 30 heavy (non-hydrogen) atoms. The van der Waals surface area contributed by atoms with E-state index in [0.717, 1.165) is 24.5 Å². The molecule has 0 bridgehead atoms. The number of hydrogen-bond donors (Lipinski definition) is 1. The normalized spacial score (nSPS) is 19.1. The molecule has 2 heterocycles. The molecule has 158 valence electrons. The van der Waals surface area contributed by atoms with Gasteiger partial charge in [-0.15, -0.1) is 0 Å². The number of benzene rings is 2. The molecule has 2 aliphatic rings. The summed E-state index contributed by atoms with van der Waals surface area (Å²) in [6.07, 6.45) is 0.187. The second-order valence-electron chi connectivity index (χ2n) is 7.41. The van der Waals surface area contributed by atoms with Crippen molar-refractivity contribution in [2.24, 2.45) is 5.92 Å². The molecule has 2 fully saturated rings. The molecule has 0 aliphatic carbocycles. The summed E-state index contributed by atoms with van der Waals surface area (Å²) >= 11 is 0. The maximum Gasteiger partial charge on any atom is 0.229 e. The molecule has 2 saturated heterocycles.